The number of aromatic amines is 1. The minimum Gasteiger partial charge on any atom is -0.356 e. The molecule has 0 aliphatic carbocycles. The number of nitrogens with one attached hydrogen (secondary N) is 2. The minimum atomic E-state index is 0.932. The molecular weight excluding hydrogens is 214 g/mol. The first-order chi connectivity index (χ1) is 8.31. The van der Waals surface area contributed by atoms with Gasteiger partial charge >= 0.3 is 0 Å². The Morgan fingerprint density at radius 1 is 1.47 bits per heavy atom. The van der Waals surface area contributed by atoms with Crippen molar-refractivity contribution in [3.05, 3.63) is 29.8 Å². The molecular formula is C12H19N5. The molecule has 0 unspecified atom stereocenters. The number of rotatable bonds is 6. The Morgan fingerprint density at radius 2 is 2.35 bits per heavy atom. The Kier molecular flexibility index (Phi) is 3.80. The van der Waals surface area contributed by atoms with E-state index in [1.54, 1.807) is 0 Å². The third-order valence-electron chi connectivity index (χ3n) is 2.90. The highest BCUT2D eigenvalue weighted by atomic mass is 15.2. The second kappa shape index (κ2) is 5.52. The Balaban J connectivity index is 1.75. The van der Waals surface area contributed by atoms with Crippen molar-refractivity contribution >= 4 is 5.95 Å². The second-order valence-corrected chi connectivity index (χ2v) is 4.09. The molecule has 2 heterocycles. The maximum atomic E-state index is 4.27. The monoisotopic (exact) mass is 233 g/mol. The number of hydrogen-bond acceptors (Lipinski definition) is 3. The van der Waals surface area contributed by atoms with Gasteiger partial charge in [-0.05, 0) is 32.3 Å². The number of aromatic nitrogens is 4. The first-order valence-corrected chi connectivity index (χ1v) is 6.05. The Labute approximate surface area is 101 Å². The highest BCUT2D eigenvalue weighted by molar-refractivity contribution is 5.25. The number of hydrogen-bond donors (Lipinski definition) is 2. The third kappa shape index (κ3) is 2.87. The summed E-state index contributed by atoms with van der Waals surface area (Å²) in [6.07, 6.45) is 7.84. The Bertz CT molecular complexity index is 457. The number of imidazole rings is 1. The van der Waals surface area contributed by atoms with Gasteiger partial charge in [0.2, 0.25) is 5.95 Å². The van der Waals surface area contributed by atoms with Crippen molar-refractivity contribution in [3.8, 4) is 0 Å². The summed E-state index contributed by atoms with van der Waals surface area (Å²) in [7, 11) is 0. The van der Waals surface area contributed by atoms with E-state index in [9.17, 15) is 0 Å². The molecule has 5 heteroatoms. The minimum absolute atomic E-state index is 0.932. The summed E-state index contributed by atoms with van der Waals surface area (Å²) in [6.45, 7) is 6.05. The zero-order valence-electron chi connectivity index (χ0n) is 10.4. The van der Waals surface area contributed by atoms with Crippen LogP contribution in [0.25, 0.3) is 0 Å². The first kappa shape index (κ1) is 11.7. The molecule has 0 atom stereocenters. The van der Waals surface area contributed by atoms with Gasteiger partial charge in [0.15, 0.2) is 0 Å². The van der Waals surface area contributed by atoms with E-state index >= 15 is 0 Å². The summed E-state index contributed by atoms with van der Waals surface area (Å²) >= 11 is 0. The van der Waals surface area contributed by atoms with Crippen LogP contribution in [0.5, 0.6) is 0 Å². The van der Waals surface area contributed by atoms with E-state index in [0.717, 1.165) is 31.9 Å². The standard InChI is InChI=1S/C12H19N5/c1-3-17-8-7-14-12(17)13-6-4-5-11-9-15-16-10(11)2/h7-9H,3-6H2,1-2H3,(H,13,14)(H,15,16). The number of aryl methyl sites for hydroxylation is 3. The highest BCUT2D eigenvalue weighted by Crippen LogP contribution is 2.07. The van der Waals surface area contributed by atoms with Gasteiger partial charge in [-0.2, -0.15) is 5.10 Å². The second-order valence-electron chi connectivity index (χ2n) is 4.09. The van der Waals surface area contributed by atoms with Crippen LogP contribution < -0.4 is 5.32 Å². The zero-order chi connectivity index (χ0) is 12.1. The van der Waals surface area contributed by atoms with E-state index in [0.29, 0.717) is 0 Å². The molecule has 0 aliphatic heterocycles. The fourth-order valence-electron chi connectivity index (χ4n) is 1.84. The van der Waals surface area contributed by atoms with Gasteiger partial charge in [0.25, 0.3) is 0 Å². The third-order valence-corrected chi connectivity index (χ3v) is 2.90. The normalized spacial score (nSPS) is 10.7. The molecule has 0 aliphatic rings. The van der Waals surface area contributed by atoms with Gasteiger partial charge in [-0.3, -0.25) is 5.10 Å². The van der Waals surface area contributed by atoms with Crippen LogP contribution in [0.3, 0.4) is 0 Å². The van der Waals surface area contributed by atoms with Gasteiger partial charge in [-0.25, -0.2) is 4.98 Å². The van der Waals surface area contributed by atoms with Crippen LogP contribution in [0.1, 0.15) is 24.6 Å². The molecule has 92 valence electrons. The maximum Gasteiger partial charge on any atom is 0.202 e. The Hall–Kier alpha value is -1.78. The maximum absolute atomic E-state index is 4.27. The molecule has 0 radical (unpaired) electrons. The molecule has 0 saturated carbocycles. The quantitative estimate of drug-likeness (QED) is 0.750. The largest absolute Gasteiger partial charge is 0.356 e. The zero-order valence-corrected chi connectivity index (χ0v) is 10.4. The fourth-order valence-corrected chi connectivity index (χ4v) is 1.84. The molecule has 0 aromatic carbocycles. The van der Waals surface area contributed by atoms with Crippen LogP contribution in [0, 0.1) is 6.92 Å². The summed E-state index contributed by atoms with van der Waals surface area (Å²) in [5, 5.41) is 10.3. The summed E-state index contributed by atoms with van der Waals surface area (Å²) in [5.74, 6) is 0.955. The topological polar surface area (TPSA) is 58.5 Å². The van der Waals surface area contributed by atoms with Crippen molar-refractivity contribution in [1.82, 2.24) is 19.7 Å². The summed E-state index contributed by atoms with van der Waals surface area (Å²) in [4.78, 5) is 4.27. The molecule has 0 amide bonds. The Morgan fingerprint density at radius 3 is 3.06 bits per heavy atom. The van der Waals surface area contributed by atoms with Crippen LogP contribution in [0.4, 0.5) is 5.95 Å². The van der Waals surface area contributed by atoms with Crippen molar-refractivity contribution in [3.63, 3.8) is 0 Å². The van der Waals surface area contributed by atoms with E-state index in [1.807, 2.05) is 18.6 Å². The van der Waals surface area contributed by atoms with Crippen molar-refractivity contribution in [2.75, 3.05) is 11.9 Å². The summed E-state index contributed by atoms with van der Waals surface area (Å²) < 4.78 is 2.10. The summed E-state index contributed by atoms with van der Waals surface area (Å²) in [5.41, 5.74) is 2.46. The van der Waals surface area contributed by atoms with Gasteiger partial charge in [-0.1, -0.05) is 0 Å². The van der Waals surface area contributed by atoms with Crippen molar-refractivity contribution < 1.29 is 0 Å². The molecule has 17 heavy (non-hydrogen) atoms. The van der Waals surface area contributed by atoms with Gasteiger partial charge in [0.05, 0.1) is 6.20 Å². The molecule has 0 bridgehead atoms. The van der Waals surface area contributed by atoms with E-state index in [4.69, 9.17) is 0 Å². The number of nitrogens with zero attached hydrogens (tertiary/aromatic N) is 3. The molecule has 0 fully saturated rings. The van der Waals surface area contributed by atoms with Gasteiger partial charge in [-0.15, -0.1) is 0 Å². The SMILES string of the molecule is CCn1ccnc1NCCCc1cn[nH]c1C. The molecule has 2 aromatic rings. The van der Waals surface area contributed by atoms with Crippen molar-refractivity contribution in [2.45, 2.75) is 33.2 Å². The molecule has 0 saturated heterocycles. The number of anilines is 1. The lowest BCUT2D eigenvalue weighted by Crippen LogP contribution is -2.08. The lowest BCUT2D eigenvalue weighted by Gasteiger charge is -2.07. The lowest BCUT2D eigenvalue weighted by molar-refractivity contribution is 0.754. The van der Waals surface area contributed by atoms with E-state index < -0.39 is 0 Å². The van der Waals surface area contributed by atoms with Gasteiger partial charge in [0.1, 0.15) is 0 Å². The van der Waals surface area contributed by atoms with E-state index in [-0.39, 0.29) is 0 Å². The van der Waals surface area contributed by atoms with Crippen molar-refractivity contribution in [2.24, 2.45) is 0 Å². The van der Waals surface area contributed by atoms with Gasteiger partial charge < -0.3 is 9.88 Å². The molecule has 2 aromatic heterocycles. The van der Waals surface area contributed by atoms with Crippen molar-refractivity contribution in [1.29, 1.82) is 0 Å². The van der Waals surface area contributed by atoms with E-state index in [2.05, 4.69) is 38.9 Å². The first-order valence-electron chi connectivity index (χ1n) is 6.05. The lowest BCUT2D eigenvalue weighted by atomic mass is 10.1. The highest BCUT2D eigenvalue weighted by Gasteiger charge is 2.01. The average Bonchev–Trinajstić information content (AvgIpc) is 2.93. The molecule has 0 spiro atoms. The van der Waals surface area contributed by atoms with Crippen LogP contribution in [-0.4, -0.2) is 26.3 Å². The van der Waals surface area contributed by atoms with Crippen LogP contribution in [0.2, 0.25) is 0 Å². The predicted octanol–water partition coefficient (Wildman–Crippen LogP) is 1.98. The fraction of sp³-hybridized carbons (Fsp3) is 0.500. The van der Waals surface area contributed by atoms with Crippen LogP contribution in [-0.2, 0) is 13.0 Å². The predicted molar refractivity (Wildman–Crippen MR) is 68.0 cm³/mol. The van der Waals surface area contributed by atoms with Crippen LogP contribution in [0.15, 0.2) is 18.6 Å². The number of H-pyrrole nitrogens is 1. The molecule has 2 N–H and O–H groups in total. The smallest absolute Gasteiger partial charge is 0.202 e. The molecule has 5 nitrogen and oxygen atoms in total. The molecule has 2 rings (SSSR count). The summed E-state index contributed by atoms with van der Waals surface area (Å²) in [6, 6.07) is 0. The van der Waals surface area contributed by atoms with E-state index in [1.165, 1.54) is 11.3 Å². The average molecular weight is 233 g/mol. The van der Waals surface area contributed by atoms with Gasteiger partial charge in [0, 0.05) is 31.2 Å². The van der Waals surface area contributed by atoms with Crippen LogP contribution >= 0.6 is 0 Å².